The fourth-order valence-corrected chi connectivity index (χ4v) is 3.23. The Morgan fingerprint density at radius 2 is 1.93 bits per heavy atom. The first-order valence-electron chi connectivity index (χ1n) is 9.59. The molecule has 0 saturated carbocycles. The number of hydrogen-bond donors (Lipinski definition) is 0. The fourth-order valence-electron chi connectivity index (χ4n) is 3.11. The normalized spacial score (nSPS) is 14.1. The summed E-state index contributed by atoms with van der Waals surface area (Å²) < 4.78 is 12.9. The lowest BCUT2D eigenvalue weighted by Crippen LogP contribution is -2.45. The van der Waals surface area contributed by atoms with E-state index >= 15 is 0 Å². The summed E-state index contributed by atoms with van der Waals surface area (Å²) in [6, 6.07) is 6.73. The molecule has 1 aromatic heterocycles. The molecule has 0 amide bonds. The zero-order valence-electron chi connectivity index (χ0n) is 16.6. The van der Waals surface area contributed by atoms with E-state index in [0.29, 0.717) is 23.6 Å². The number of rotatable bonds is 11. The number of esters is 1. The van der Waals surface area contributed by atoms with Crippen molar-refractivity contribution in [1.82, 2.24) is 9.55 Å². The van der Waals surface area contributed by atoms with Crippen molar-refractivity contribution in [3.8, 4) is 5.75 Å². The Labute approximate surface area is 170 Å². The number of ketones is 1. The number of ether oxygens (including phenoxy) is 2. The third-order valence-electron chi connectivity index (χ3n) is 4.78. The summed E-state index contributed by atoms with van der Waals surface area (Å²) >= 11 is 5.94. The molecule has 0 bridgehead atoms. The SMILES string of the molecule is CCCCC(CC)(C(=O)OCC)C(=O)C(Oc1ccc(Cl)cc1)n1ccnc1. The van der Waals surface area contributed by atoms with Gasteiger partial charge in [-0.2, -0.15) is 0 Å². The molecule has 28 heavy (non-hydrogen) atoms. The van der Waals surface area contributed by atoms with Crippen LogP contribution < -0.4 is 4.74 Å². The standard InChI is InChI=1S/C21H27ClN2O4/c1-4-7-12-21(5-2,20(26)27-6-3)18(25)19(24-14-13-23-15-24)28-17-10-8-16(22)9-11-17/h8-11,13-15,19H,4-7,12H2,1-3H3. The second-order valence-corrected chi connectivity index (χ2v) is 6.99. The molecular weight excluding hydrogens is 380 g/mol. The van der Waals surface area contributed by atoms with Gasteiger partial charge in [-0.15, -0.1) is 0 Å². The second-order valence-electron chi connectivity index (χ2n) is 6.56. The number of carbonyl (C=O) groups excluding carboxylic acids is 2. The molecule has 2 rings (SSSR count). The summed E-state index contributed by atoms with van der Waals surface area (Å²) in [5, 5.41) is 0.565. The molecular formula is C21H27ClN2O4. The molecule has 0 spiro atoms. The van der Waals surface area contributed by atoms with E-state index in [-0.39, 0.29) is 12.4 Å². The zero-order chi connectivity index (χ0) is 20.6. The van der Waals surface area contributed by atoms with Crippen molar-refractivity contribution in [3.05, 3.63) is 48.0 Å². The number of hydrogen-bond acceptors (Lipinski definition) is 5. The minimum Gasteiger partial charge on any atom is -0.465 e. The summed E-state index contributed by atoms with van der Waals surface area (Å²) in [5.41, 5.74) is -1.27. The first-order valence-corrected chi connectivity index (χ1v) is 9.97. The van der Waals surface area contributed by atoms with Gasteiger partial charge in [0.25, 0.3) is 0 Å². The van der Waals surface area contributed by atoms with Gasteiger partial charge < -0.3 is 9.47 Å². The number of nitrogens with zero attached hydrogens (tertiary/aromatic N) is 2. The van der Waals surface area contributed by atoms with E-state index < -0.39 is 17.6 Å². The van der Waals surface area contributed by atoms with Gasteiger partial charge in [-0.25, -0.2) is 4.98 Å². The van der Waals surface area contributed by atoms with Crippen molar-refractivity contribution in [3.63, 3.8) is 0 Å². The smallest absolute Gasteiger partial charge is 0.319 e. The summed E-state index contributed by atoms with van der Waals surface area (Å²) in [5.74, 6) is -0.364. The Bertz CT molecular complexity index is 761. The fraction of sp³-hybridized carbons (Fsp3) is 0.476. The molecule has 1 heterocycles. The van der Waals surface area contributed by atoms with Crippen molar-refractivity contribution >= 4 is 23.4 Å². The Balaban J connectivity index is 2.43. The number of benzene rings is 1. The molecule has 6 nitrogen and oxygen atoms in total. The van der Waals surface area contributed by atoms with Gasteiger partial charge in [0, 0.05) is 17.4 Å². The summed E-state index contributed by atoms with van der Waals surface area (Å²) in [6.45, 7) is 5.80. The van der Waals surface area contributed by atoms with Gasteiger partial charge in [0.1, 0.15) is 11.2 Å². The van der Waals surface area contributed by atoms with Crippen molar-refractivity contribution in [2.45, 2.75) is 52.7 Å². The Kier molecular flexibility index (Phi) is 8.05. The predicted molar refractivity (Wildman–Crippen MR) is 107 cm³/mol. The van der Waals surface area contributed by atoms with Gasteiger partial charge in [0.15, 0.2) is 0 Å². The van der Waals surface area contributed by atoms with Crippen LogP contribution in [0.25, 0.3) is 0 Å². The zero-order valence-corrected chi connectivity index (χ0v) is 17.3. The molecule has 2 aromatic rings. The number of imidazole rings is 1. The van der Waals surface area contributed by atoms with Crippen molar-refractivity contribution < 1.29 is 19.1 Å². The topological polar surface area (TPSA) is 70.4 Å². The molecule has 0 aliphatic carbocycles. The first-order chi connectivity index (χ1) is 13.5. The van der Waals surface area contributed by atoms with Crippen molar-refractivity contribution in [2.75, 3.05) is 6.61 Å². The Morgan fingerprint density at radius 3 is 2.46 bits per heavy atom. The summed E-state index contributed by atoms with van der Waals surface area (Å²) in [4.78, 5) is 30.6. The highest BCUT2D eigenvalue weighted by Gasteiger charge is 2.49. The summed E-state index contributed by atoms with van der Waals surface area (Å²) in [7, 11) is 0. The number of aromatic nitrogens is 2. The van der Waals surface area contributed by atoms with E-state index in [4.69, 9.17) is 21.1 Å². The third kappa shape index (κ3) is 4.93. The van der Waals surface area contributed by atoms with Crippen LogP contribution in [0.2, 0.25) is 5.02 Å². The Hall–Kier alpha value is -2.34. The third-order valence-corrected chi connectivity index (χ3v) is 5.03. The highest BCUT2D eigenvalue weighted by Crippen LogP contribution is 2.37. The monoisotopic (exact) mass is 406 g/mol. The molecule has 0 saturated heterocycles. The molecule has 2 atom stereocenters. The highest BCUT2D eigenvalue weighted by atomic mass is 35.5. The second kappa shape index (κ2) is 10.3. The van der Waals surface area contributed by atoms with E-state index in [1.807, 2.05) is 13.8 Å². The lowest BCUT2D eigenvalue weighted by Gasteiger charge is -2.32. The van der Waals surface area contributed by atoms with Crippen LogP contribution in [0.4, 0.5) is 0 Å². The van der Waals surface area contributed by atoms with Crippen molar-refractivity contribution in [2.24, 2.45) is 5.41 Å². The molecule has 0 radical (unpaired) electrons. The molecule has 2 unspecified atom stereocenters. The van der Waals surface area contributed by atoms with Gasteiger partial charge in [-0.3, -0.25) is 14.2 Å². The van der Waals surface area contributed by atoms with Crippen LogP contribution in [-0.2, 0) is 14.3 Å². The number of halogens is 1. The van der Waals surface area contributed by atoms with E-state index in [0.717, 1.165) is 12.8 Å². The van der Waals surface area contributed by atoms with Crippen molar-refractivity contribution in [1.29, 1.82) is 0 Å². The molecule has 0 aliphatic heterocycles. The van der Waals surface area contributed by atoms with Crippen LogP contribution in [0.5, 0.6) is 5.75 Å². The van der Waals surface area contributed by atoms with Crippen LogP contribution in [0.1, 0.15) is 52.7 Å². The largest absolute Gasteiger partial charge is 0.465 e. The molecule has 1 aromatic carbocycles. The van der Waals surface area contributed by atoms with Crippen LogP contribution in [0.15, 0.2) is 43.0 Å². The predicted octanol–water partition coefficient (Wildman–Crippen LogP) is 4.83. The Morgan fingerprint density at radius 1 is 1.21 bits per heavy atom. The number of carbonyl (C=O) groups is 2. The average Bonchev–Trinajstić information content (AvgIpc) is 3.23. The first kappa shape index (κ1) is 22.0. The quantitative estimate of drug-likeness (QED) is 0.394. The van der Waals surface area contributed by atoms with Crippen LogP contribution in [0.3, 0.4) is 0 Å². The van der Waals surface area contributed by atoms with E-state index in [1.54, 1.807) is 48.1 Å². The van der Waals surface area contributed by atoms with Crippen LogP contribution in [-0.4, -0.2) is 27.9 Å². The molecule has 0 N–H and O–H groups in total. The van der Waals surface area contributed by atoms with E-state index in [9.17, 15) is 9.59 Å². The van der Waals surface area contributed by atoms with Gasteiger partial charge in [-0.1, -0.05) is 38.3 Å². The van der Waals surface area contributed by atoms with Gasteiger partial charge in [-0.05, 0) is 44.0 Å². The highest BCUT2D eigenvalue weighted by molar-refractivity contribution is 6.30. The maximum atomic E-state index is 13.7. The van der Waals surface area contributed by atoms with Gasteiger partial charge in [0.2, 0.25) is 12.0 Å². The molecule has 7 heteroatoms. The van der Waals surface area contributed by atoms with E-state index in [1.165, 1.54) is 6.33 Å². The van der Waals surface area contributed by atoms with E-state index in [2.05, 4.69) is 4.98 Å². The minimum atomic E-state index is -1.27. The maximum absolute atomic E-state index is 13.7. The lowest BCUT2D eigenvalue weighted by molar-refractivity contribution is -0.165. The molecule has 0 aliphatic rings. The van der Waals surface area contributed by atoms with Crippen LogP contribution in [0, 0.1) is 5.41 Å². The average molecular weight is 407 g/mol. The molecule has 152 valence electrons. The van der Waals surface area contributed by atoms with Gasteiger partial charge in [0.05, 0.1) is 12.9 Å². The molecule has 0 fully saturated rings. The number of Topliss-reactive ketones (excluding diaryl/α,β-unsaturated/α-hetero) is 1. The number of unbranched alkanes of at least 4 members (excludes halogenated alkanes) is 1. The van der Waals surface area contributed by atoms with Crippen LogP contribution >= 0.6 is 11.6 Å². The maximum Gasteiger partial charge on any atom is 0.319 e. The lowest BCUT2D eigenvalue weighted by atomic mass is 9.75. The minimum absolute atomic E-state index is 0.216. The summed E-state index contributed by atoms with van der Waals surface area (Å²) in [6.07, 6.45) is 6.01. The van der Waals surface area contributed by atoms with Gasteiger partial charge >= 0.3 is 5.97 Å².